The summed E-state index contributed by atoms with van der Waals surface area (Å²) in [4.78, 5) is 0. The molecule has 1 aromatic heterocycles. The molecule has 1 atom stereocenters. The third-order valence-electron chi connectivity index (χ3n) is 1.61. The highest BCUT2D eigenvalue weighted by Gasteiger charge is 2.10. The van der Waals surface area contributed by atoms with E-state index < -0.39 is 0 Å². The van der Waals surface area contributed by atoms with Crippen molar-refractivity contribution in [3.63, 3.8) is 0 Å². The van der Waals surface area contributed by atoms with Crippen LogP contribution in [0, 0.1) is 0 Å². The topological polar surface area (TPSA) is 22.4 Å². The SMILES string of the molecule is C=C=CO[C@H](CC=C)c1ccoc1. The van der Waals surface area contributed by atoms with Crippen LogP contribution in [0.15, 0.2) is 54.2 Å². The van der Waals surface area contributed by atoms with Crippen LogP contribution in [0.25, 0.3) is 0 Å². The Bertz CT molecular complexity index is 292. The molecule has 0 saturated heterocycles. The van der Waals surface area contributed by atoms with Gasteiger partial charge in [0.25, 0.3) is 0 Å². The molecule has 0 bridgehead atoms. The highest BCUT2D eigenvalue weighted by molar-refractivity contribution is 5.11. The van der Waals surface area contributed by atoms with E-state index in [1.807, 2.05) is 6.07 Å². The van der Waals surface area contributed by atoms with Crippen LogP contribution in [0.4, 0.5) is 0 Å². The number of hydrogen-bond acceptors (Lipinski definition) is 2. The maximum Gasteiger partial charge on any atom is 0.130 e. The van der Waals surface area contributed by atoms with Crippen LogP contribution in [0.1, 0.15) is 18.1 Å². The van der Waals surface area contributed by atoms with Crippen molar-refractivity contribution in [3.8, 4) is 0 Å². The van der Waals surface area contributed by atoms with Gasteiger partial charge in [-0.25, -0.2) is 0 Å². The molecule has 0 aliphatic heterocycles. The van der Waals surface area contributed by atoms with Crippen molar-refractivity contribution in [1.82, 2.24) is 0 Å². The minimum absolute atomic E-state index is 0.0505. The van der Waals surface area contributed by atoms with Crippen molar-refractivity contribution in [3.05, 3.63) is 55.4 Å². The summed E-state index contributed by atoms with van der Waals surface area (Å²) >= 11 is 0. The van der Waals surface area contributed by atoms with Gasteiger partial charge < -0.3 is 9.15 Å². The van der Waals surface area contributed by atoms with Gasteiger partial charge in [0.2, 0.25) is 0 Å². The lowest BCUT2D eigenvalue weighted by Gasteiger charge is -2.11. The first-order chi connectivity index (χ1) is 6.38. The first kappa shape index (κ1) is 9.43. The number of rotatable bonds is 5. The lowest BCUT2D eigenvalue weighted by molar-refractivity contribution is 0.149. The van der Waals surface area contributed by atoms with Gasteiger partial charge in [0.15, 0.2) is 0 Å². The second kappa shape index (κ2) is 5.07. The smallest absolute Gasteiger partial charge is 0.130 e. The molecular formula is C11H12O2. The summed E-state index contributed by atoms with van der Waals surface area (Å²) in [6.07, 6.45) is 7.20. The van der Waals surface area contributed by atoms with E-state index in [4.69, 9.17) is 9.15 Å². The number of furan rings is 1. The first-order valence-corrected chi connectivity index (χ1v) is 4.01. The summed E-state index contributed by atoms with van der Waals surface area (Å²) in [5.74, 6) is 0. The highest BCUT2D eigenvalue weighted by Crippen LogP contribution is 2.21. The van der Waals surface area contributed by atoms with Gasteiger partial charge in [0.1, 0.15) is 12.4 Å². The van der Waals surface area contributed by atoms with Crippen molar-refractivity contribution in [1.29, 1.82) is 0 Å². The van der Waals surface area contributed by atoms with Crippen LogP contribution in [0.2, 0.25) is 0 Å². The van der Waals surface area contributed by atoms with Crippen molar-refractivity contribution >= 4 is 0 Å². The fourth-order valence-corrected chi connectivity index (χ4v) is 1.01. The van der Waals surface area contributed by atoms with E-state index in [0.717, 1.165) is 12.0 Å². The van der Waals surface area contributed by atoms with Gasteiger partial charge >= 0.3 is 0 Å². The zero-order valence-corrected chi connectivity index (χ0v) is 7.40. The molecule has 1 heterocycles. The van der Waals surface area contributed by atoms with Crippen LogP contribution in [0.5, 0.6) is 0 Å². The van der Waals surface area contributed by atoms with Gasteiger partial charge in [-0.2, -0.15) is 0 Å². The van der Waals surface area contributed by atoms with Gasteiger partial charge in [-0.05, 0) is 6.07 Å². The molecule has 0 spiro atoms. The van der Waals surface area contributed by atoms with E-state index in [-0.39, 0.29) is 6.10 Å². The lowest BCUT2D eigenvalue weighted by atomic mass is 10.1. The second-order valence-electron chi connectivity index (χ2n) is 2.53. The summed E-state index contributed by atoms with van der Waals surface area (Å²) in [5, 5.41) is 0. The molecule has 2 heteroatoms. The van der Waals surface area contributed by atoms with Crippen LogP contribution in [-0.4, -0.2) is 0 Å². The number of ether oxygens (including phenoxy) is 1. The Kier molecular flexibility index (Phi) is 3.68. The molecule has 1 aromatic rings. The Morgan fingerprint density at radius 3 is 3.08 bits per heavy atom. The van der Waals surface area contributed by atoms with Crippen LogP contribution >= 0.6 is 0 Å². The summed E-state index contributed by atoms with van der Waals surface area (Å²) in [5.41, 5.74) is 3.55. The summed E-state index contributed by atoms with van der Waals surface area (Å²) in [7, 11) is 0. The van der Waals surface area contributed by atoms with Gasteiger partial charge in [0.05, 0.1) is 12.5 Å². The Morgan fingerprint density at radius 1 is 1.69 bits per heavy atom. The van der Waals surface area contributed by atoms with E-state index in [2.05, 4.69) is 18.9 Å². The largest absolute Gasteiger partial charge is 0.485 e. The molecule has 0 N–H and O–H groups in total. The Hall–Kier alpha value is -1.66. The van der Waals surface area contributed by atoms with Gasteiger partial charge in [-0.3, -0.25) is 0 Å². The molecule has 68 valence electrons. The van der Waals surface area contributed by atoms with Gasteiger partial charge in [-0.1, -0.05) is 18.4 Å². The molecule has 13 heavy (non-hydrogen) atoms. The van der Waals surface area contributed by atoms with Crippen LogP contribution in [-0.2, 0) is 4.74 Å². The fourth-order valence-electron chi connectivity index (χ4n) is 1.01. The number of hydrogen-bond donors (Lipinski definition) is 0. The average Bonchev–Trinajstić information content (AvgIpc) is 2.65. The van der Waals surface area contributed by atoms with E-state index in [0.29, 0.717) is 0 Å². The zero-order valence-electron chi connectivity index (χ0n) is 7.40. The van der Waals surface area contributed by atoms with Crippen molar-refractivity contribution < 1.29 is 9.15 Å². The lowest BCUT2D eigenvalue weighted by Crippen LogP contribution is -1.96. The van der Waals surface area contributed by atoms with E-state index in [9.17, 15) is 0 Å². The highest BCUT2D eigenvalue weighted by atomic mass is 16.5. The van der Waals surface area contributed by atoms with E-state index >= 15 is 0 Å². The van der Waals surface area contributed by atoms with E-state index in [1.54, 1.807) is 18.6 Å². The van der Waals surface area contributed by atoms with Gasteiger partial charge in [-0.15, -0.1) is 6.58 Å². The third kappa shape index (κ3) is 2.69. The van der Waals surface area contributed by atoms with Crippen LogP contribution < -0.4 is 0 Å². The molecular weight excluding hydrogens is 164 g/mol. The minimum atomic E-state index is -0.0505. The Labute approximate surface area is 77.8 Å². The zero-order chi connectivity index (χ0) is 9.52. The van der Waals surface area contributed by atoms with Crippen molar-refractivity contribution in [2.75, 3.05) is 0 Å². The molecule has 0 aromatic carbocycles. The monoisotopic (exact) mass is 176 g/mol. The molecule has 0 fully saturated rings. The fraction of sp³-hybridized carbons (Fsp3) is 0.182. The summed E-state index contributed by atoms with van der Waals surface area (Å²) in [6.45, 7) is 7.08. The molecule has 0 unspecified atom stereocenters. The first-order valence-electron chi connectivity index (χ1n) is 4.01. The second-order valence-corrected chi connectivity index (χ2v) is 2.53. The third-order valence-corrected chi connectivity index (χ3v) is 1.61. The maximum absolute atomic E-state index is 5.35. The van der Waals surface area contributed by atoms with Crippen molar-refractivity contribution in [2.24, 2.45) is 0 Å². The Balaban J connectivity index is 2.67. The van der Waals surface area contributed by atoms with E-state index in [1.165, 1.54) is 6.26 Å². The predicted molar refractivity (Wildman–Crippen MR) is 51.1 cm³/mol. The minimum Gasteiger partial charge on any atom is -0.485 e. The predicted octanol–water partition coefficient (Wildman–Crippen LogP) is 3.21. The molecule has 0 aliphatic carbocycles. The summed E-state index contributed by atoms with van der Waals surface area (Å²) in [6, 6.07) is 1.87. The molecule has 0 amide bonds. The standard InChI is InChI=1S/C11H12O2/c1-3-5-11(13-7-4-2)10-6-8-12-9-10/h3,6-9,11H,1-2,5H2/t11-/m1/s1. The molecule has 0 aliphatic rings. The quantitative estimate of drug-likeness (QED) is 0.390. The maximum atomic E-state index is 5.35. The normalized spacial score (nSPS) is 11.4. The molecule has 2 nitrogen and oxygen atoms in total. The molecule has 0 radical (unpaired) electrons. The van der Waals surface area contributed by atoms with Crippen LogP contribution in [0.3, 0.4) is 0 Å². The Morgan fingerprint density at radius 2 is 2.54 bits per heavy atom. The van der Waals surface area contributed by atoms with Gasteiger partial charge in [0, 0.05) is 12.0 Å². The molecule has 0 saturated carbocycles. The molecule has 1 rings (SSSR count). The summed E-state index contributed by atoms with van der Waals surface area (Å²) < 4.78 is 10.3. The van der Waals surface area contributed by atoms with Crippen molar-refractivity contribution in [2.45, 2.75) is 12.5 Å². The average molecular weight is 176 g/mol.